The fourth-order valence-corrected chi connectivity index (χ4v) is 3.25. The van der Waals surface area contributed by atoms with Crippen molar-refractivity contribution in [3.05, 3.63) is 0 Å². The Balaban J connectivity index is 2.08. The average Bonchev–Trinajstić information content (AvgIpc) is 1.76. The van der Waals surface area contributed by atoms with E-state index in [0.29, 0.717) is 0 Å². The van der Waals surface area contributed by atoms with Crippen molar-refractivity contribution in [2.75, 3.05) is 12.3 Å². The molecule has 0 spiro atoms. The summed E-state index contributed by atoms with van der Waals surface area (Å²) < 4.78 is 3.25. The summed E-state index contributed by atoms with van der Waals surface area (Å²) in [5.41, 5.74) is 0. The van der Waals surface area contributed by atoms with Crippen LogP contribution in [-0.2, 0) is 0 Å². The van der Waals surface area contributed by atoms with E-state index in [9.17, 15) is 0 Å². The predicted octanol–water partition coefficient (Wildman–Crippen LogP) is -0.143. The van der Waals surface area contributed by atoms with E-state index in [0.717, 1.165) is 14.1 Å². The van der Waals surface area contributed by atoms with Crippen LogP contribution in [0.2, 0.25) is 0 Å². The molecule has 0 aliphatic carbocycles. The molecule has 0 aromatic carbocycles. The van der Waals surface area contributed by atoms with Crippen molar-refractivity contribution in [3.63, 3.8) is 0 Å². The van der Waals surface area contributed by atoms with Gasteiger partial charge < -0.3 is 0 Å². The first-order valence-corrected chi connectivity index (χ1v) is 5.38. The van der Waals surface area contributed by atoms with Gasteiger partial charge in [-0.25, -0.2) is 0 Å². The van der Waals surface area contributed by atoms with Gasteiger partial charge in [-0.2, -0.15) is 0 Å². The van der Waals surface area contributed by atoms with Gasteiger partial charge in [0.05, 0.1) is 0 Å². The van der Waals surface area contributed by atoms with Gasteiger partial charge in [-0.15, -0.1) is 0 Å². The van der Waals surface area contributed by atoms with Crippen molar-refractivity contribution < 1.29 is 0 Å². The summed E-state index contributed by atoms with van der Waals surface area (Å²) in [5.74, 6) is 1.33. The van der Waals surface area contributed by atoms with E-state index in [1.165, 1.54) is 12.3 Å². The third-order valence-corrected chi connectivity index (χ3v) is 3.97. The molecule has 1 aliphatic heterocycles. The molecule has 1 aliphatic rings. The number of rotatable bonds is 0. The Labute approximate surface area is 41.3 Å². The van der Waals surface area contributed by atoms with Crippen LogP contribution >= 0.6 is 10.2 Å². The van der Waals surface area contributed by atoms with Crippen molar-refractivity contribution >= 4 is 24.2 Å². The molecule has 1 nitrogen and oxygen atoms in total. The summed E-state index contributed by atoms with van der Waals surface area (Å²) in [6.07, 6.45) is 0. The van der Waals surface area contributed by atoms with Crippen molar-refractivity contribution in [3.8, 4) is 0 Å². The fraction of sp³-hybridized carbons (Fsp3) is 1.00. The number of hydrogen-bond acceptors (Lipinski definition) is 2. The molecule has 0 aromatic heterocycles. The molecule has 0 unspecified atom stereocenters. The molecular weight excluding hydrogens is 149 g/mol. The Morgan fingerprint density at radius 1 is 1.80 bits per heavy atom. The van der Waals surface area contributed by atoms with Gasteiger partial charge in [0, 0.05) is 0 Å². The van der Waals surface area contributed by atoms with Crippen LogP contribution in [0.5, 0.6) is 0 Å². The molecule has 0 radical (unpaired) electrons. The molecule has 5 heavy (non-hydrogen) atoms. The Hall–Kier alpha value is 0.829. The molecule has 0 bridgehead atoms. The van der Waals surface area contributed by atoms with E-state index in [4.69, 9.17) is 0 Å². The quantitative estimate of drug-likeness (QED) is 0.487. The molecule has 0 saturated carbocycles. The van der Waals surface area contributed by atoms with E-state index in [1.54, 1.807) is 0 Å². The van der Waals surface area contributed by atoms with Crippen LogP contribution in [0, 0.1) is 0 Å². The first kappa shape index (κ1) is 4.00. The molecule has 1 heterocycles. The van der Waals surface area contributed by atoms with Crippen molar-refractivity contribution in [1.82, 2.24) is 4.33 Å². The Morgan fingerprint density at radius 2 is 2.80 bits per heavy atom. The van der Waals surface area contributed by atoms with E-state index in [1.807, 2.05) is 10.2 Å². The zero-order chi connectivity index (χ0) is 3.54. The zero-order valence-corrected chi connectivity index (χ0v) is 5.26. The SMILES string of the molecule is C1CS[Se]N1. The summed E-state index contributed by atoms with van der Waals surface area (Å²) in [6.45, 7) is 1.24. The molecule has 0 atom stereocenters. The van der Waals surface area contributed by atoms with Crippen LogP contribution < -0.4 is 4.33 Å². The molecule has 3 heteroatoms. The molecule has 1 fully saturated rings. The molecule has 1 saturated heterocycles. The maximum atomic E-state index is 3.25. The summed E-state index contributed by atoms with van der Waals surface area (Å²) in [7, 11) is 2.03. The van der Waals surface area contributed by atoms with Gasteiger partial charge in [-0.3, -0.25) is 0 Å². The van der Waals surface area contributed by atoms with Crippen LogP contribution in [0.25, 0.3) is 0 Å². The Bertz CT molecular complexity index is 21.2. The predicted molar refractivity (Wildman–Crippen MR) is 26.2 cm³/mol. The number of hydrogen-bond donors (Lipinski definition) is 1. The second-order valence-corrected chi connectivity index (χ2v) is 4.75. The second kappa shape index (κ2) is 2.08. The average molecular weight is 154 g/mol. The van der Waals surface area contributed by atoms with Crippen LogP contribution in [0.4, 0.5) is 0 Å². The summed E-state index contributed by atoms with van der Waals surface area (Å²) in [5, 5.41) is 0. The first-order valence-electron chi connectivity index (χ1n) is 1.51. The third-order valence-electron chi connectivity index (χ3n) is 0.405. The van der Waals surface area contributed by atoms with Gasteiger partial charge in [0.2, 0.25) is 0 Å². The molecule has 0 amide bonds. The van der Waals surface area contributed by atoms with E-state index >= 15 is 0 Å². The fourth-order valence-electron chi connectivity index (χ4n) is 0.208. The Morgan fingerprint density at radius 3 is 3.00 bits per heavy atom. The second-order valence-electron chi connectivity index (χ2n) is 0.800. The van der Waals surface area contributed by atoms with Crippen LogP contribution in [0.1, 0.15) is 0 Å². The van der Waals surface area contributed by atoms with Crippen LogP contribution in [-0.4, -0.2) is 26.4 Å². The van der Waals surface area contributed by atoms with Crippen molar-refractivity contribution in [1.29, 1.82) is 0 Å². The normalized spacial score (nSPS) is 24.0. The van der Waals surface area contributed by atoms with E-state index in [-0.39, 0.29) is 0 Å². The maximum absolute atomic E-state index is 3.25. The molecule has 1 rings (SSSR count). The minimum atomic E-state index is 0.736. The van der Waals surface area contributed by atoms with Crippen LogP contribution in [0.3, 0.4) is 0 Å². The van der Waals surface area contributed by atoms with Crippen molar-refractivity contribution in [2.45, 2.75) is 0 Å². The van der Waals surface area contributed by atoms with Gasteiger partial charge in [-0.1, -0.05) is 0 Å². The number of nitrogens with one attached hydrogen (secondary N) is 1. The van der Waals surface area contributed by atoms with E-state index in [2.05, 4.69) is 4.33 Å². The summed E-state index contributed by atoms with van der Waals surface area (Å²) in [6, 6.07) is 0. The van der Waals surface area contributed by atoms with Crippen molar-refractivity contribution in [2.24, 2.45) is 0 Å². The Kier molecular flexibility index (Phi) is 1.67. The first-order chi connectivity index (χ1) is 2.50. The summed E-state index contributed by atoms with van der Waals surface area (Å²) >= 11 is 0.736. The zero-order valence-electron chi connectivity index (χ0n) is 2.73. The van der Waals surface area contributed by atoms with Gasteiger partial charge in [0.15, 0.2) is 0 Å². The van der Waals surface area contributed by atoms with Gasteiger partial charge in [-0.05, 0) is 0 Å². The van der Waals surface area contributed by atoms with Gasteiger partial charge >= 0.3 is 40.9 Å². The monoisotopic (exact) mass is 155 g/mol. The van der Waals surface area contributed by atoms with E-state index < -0.39 is 0 Å². The van der Waals surface area contributed by atoms with Gasteiger partial charge in [0.25, 0.3) is 0 Å². The molecule has 0 aromatic rings. The molecule has 30 valence electrons. The standard InChI is InChI=1S/C2H5NSSe/c1-2-4-5-3-1/h3H,1-2H2. The minimum absolute atomic E-state index is 0.736. The topological polar surface area (TPSA) is 12.0 Å². The summed E-state index contributed by atoms with van der Waals surface area (Å²) in [4.78, 5) is 0. The molecule has 1 N–H and O–H groups in total. The van der Waals surface area contributed by atoms with Crippen LogP contribution in [0.15, 0.2) is 0 Å². The molecular formula is C2H5NSSe. The third kappa shape index (κ3) is 1.14. The van der Waals surface area contributed by atoms with Gasteiger partial charge in [0.1, 0.15) is 0 Å².